The minimum atomic E-state index is 0.239. The van der Waals surface area contributed by atoms with E-state index in [1.807, 2.05) is 13.0 Å². The lowest BCUT2D eigenvalue weighted by atomic mass is 10.0. The molecule has 1 aliphatic heterocycles. The van der Waals surface area contributed by atoms with Gasteiger partial charge in [-0.3, -0.25) is 4.90 Å². The largest absolute Gasteiger partial charge is 0.490 e. The normalized spacial score (nSPS) is 17.7. The van der Waals surface area contributed by atoms with E-state index < -0.39 is 0 Å². The van der Waals surface area contributed by atoms with Gasteiger partial charge in [-0.05, 0) is 38.1 Å². The number of nitrogens with zero attached hydrogens (tertiary/aromatic N) is 2. The van der Waals surface area contributed by atoms with Gasteiger partial charge in [-0.2, -0.15) is 0 Å². The fraction of sp³-hybridized carbons (Fsp3) is 0.684. The van der Waals surface area contributed by atoms with Crippen molar-refractivity contribution in [2.75, 3.05) is 53.0 Å². The van der Waals surface area contributed by atoms with E-state index in [0.717, 1.165) is 57.1 Å². The molecule has 1 atom stereocenters. The smallest absolute Gasteiger partial charge is 0.161 e. The Balaban J connectivity index is 2.13. The van der Waals surface area contributed by atoms with Crippen molar-refractivity contribution < 1.29 is 9.47 Å². The van der Waals surface area contributed by atoms with Crippen LogP contribution in [0.5, 0.6) is 11.5 Å². The maximum atomic E-state index is 6.10. The SMILES string of the molecule is CCCCOc1ccc(C(CN)N2CCN(C)CC2)cc1OCC. The van der Waals surface area contributed by atoms with E-state index in [1.54, 1.807) is 0 Å². The second-order valence-corrected chi connectivity index (χ2v) is 6.43. The van der Waals surface area contributed by atoms with E-state index in [9.17, 15) is 0 Å². The van der Waals surface area contributed by atoms with E-state index in [1.165, 1.54) is 5.56 Å². The second-order valence-electron chi connectivity index (χ2n) is 6.43. The van der Waals surface area contributed by atoms with E-state index in [-0.39, 0.29) is 6.04 Å². The average Bonchev–Trinajstić information content (AvgIpc) is 2.59. The highest BCUT2D eigenvalue weighted by Crippen LogP contribution is 2.32. The number of benzene rings is 1. The molecule has 1 heterocycles. The summed E-state index contributed by atoms with van der Waals surface area (Å²) in [6, 6.07) is 6.53. The second kappa shape index (κ2) is 9.87. The molecule has 0 aliphatic carbocycles. The molecule has 0 aromatic heterocycles. The third-order valence-corrected chi connectivity index (χ3v) is 4.61. The number of likely N-dealkylation sites (N-methyl/N-ethyl adjacent to an activating group) is 1. The van der Waals surface area contributed by atoms with Crippen LogP contribution in [0.1, 0.15) is 38.3 Å². The lowest BCUT2D eigenvalue weighted by molar-refractivity contribution is 0.114. The molecule has 136 valence electrons. The Bertz CT molecular complexity index is 488. The molecule has 0 amide bonds. The van der Waals surface area contributed by atoms with Gasteiger partial charge in [-0.1, -0.05) is 19.4 Å². The molecule has 1 aromatic rings. The molecule has 1 unspecified atom stereocenters. The summed E-state index contributed by atoms with van der Waals surface area (Å²) < 4.78 is 11.7. The number of piperazine rings is 1. The van der Waals surface area contributed by atoms with Crippen LogP contribution in [0.3, 0.4) is 0 Å². The predicted octanol–water partition coefficient (Wildman–Crippen LogP) is 2.51. The third kappa shape index (κ3) is 5.10. The van der Waals surface area contributed by atoms with Crippen molar-refractivity contribution >= 4 is 0 Å². The van der Waals surface area contributed by atoms with Crippen LogP contribution in [-0.4, -0.2) is 62.8 Å². The van der Waals surface area contributed by atoms with Gasteiger partial charge >= 0.3 is 0 Å². The zero-order valence-corrected chi connectivity index (χ0v) is 15.5. The summed E-state index contributed by atoms with van der Waals surface area (Å²) in [7, 11) is 2.17. The first-order valence-electron chi connectivity index (χ1n) is 9.21. The van der Waals surface area contributed by atoms with Crippen LogP contribution in [0.15, 0.2) is 18.2 Å². The Morgan fingerprint density at radius 3 is 2.46 bits per heavy atom. The van der Waals surface area contributed by atoms with Gasteiger partial charge in [0.05, 0.1) is 13.2 Å². The molecule has 0 bridgehead atoms. The maximum absolute atomic E-state index is 6.10. The molecule has 5 heteroatoms. The molecule has 1 aromatic carbocycles. The summed E-state index contributed by atoms with van der Waals surface area (Å²) in [4.78, 5) is 4.84. The van der Waals surface area contributed by atoms with Gasteiger partial charge in [0.25, 0.3) is 0 Å². The number of rotatable bonds is 9. The Labute approximate surface area is 146 Å². The average molecular weight is 335 g/mol. The first-order chi connectivity index (χ1) is 11.7. The van der Waals surface area contributed by atoms with Crippen molar-refractivity contribution in [3.8, 4) is 11.5 Å². The van der Waals surface area contributed by atoms with Gasteiger partial charge in [0, 0.05) is 38.8 Å². The first kappa shape index (κ1) is 19.0. The van der Waals surface area contributed by atoms with Gasteiger partial charge in [0.1, 0.15) is 0 Å². The topological polar surface area (TPSA) is 51.0 Å². The zero-order valence-electron chi connectivity index (χ0n) is 15.5. The summed E-state index contributed by atoms with van der Waals surface area (Å²) in [6.45, 7) is 10.4. The number of nitrogens with two attached hydrogens (primary N) is 1. The van der Waals surface area contributed by atoms with E-state index in [4.69, 9.17) is 15.2 Å². The van der Waals surface area contributed by atoms with Crippen molar-refractivity contribution in [1.82, 2.24) is 9.80 Å². The highest BCUT2D eigenvalue weighted by atomic mass is 16.5. The predicted molar refractivity (Wildman–Crippen MR) is 98.9 cm³/mol. The van der Waals surface area contributed by atoms with Crippen molar-refractivity contribution in [2.24, 2.45) is 5.73 Å². The summed E-state index contributed by atoms with van der Waals surface area (Å²) in [5.74, 6) is 1.67. The molecular formula is C19H33N3O2. The lowest BCUT2D eigenvalue weighted by Crippen LogP contribution is -2.47. The van der Waals surface area contributed by atoms with Crippen molar-refractivity contribution in [1.29, 1.82) is 0 Å². The highest BCUT2D eigenvalue weighted by molar-refractivity contribution is 5.44. The first-order valence-corrected chi connectivity index (χ1v) is 9.21. The molecule has 0 radical (unpaired) electrons. The quantitative estimate of drug-likeness (QED) is 0.703. The summed E-state index contributed by atoms with van der Waals surface area (Å²) >= 11 is 0. The molecule has 1 saturated heterocycles. The molecule has 2 N–H and O–H groups in total. The third-order valence-electron chi connectivity index (χ3n) is 4.61. The summed E-state index contributed by atoms with van der Waals surface area (Å²) in [5, 5.41) is 0. The molecular weight excluding hydrogens is 302 g/mol. The maximum Gasteiger partial charge on any atom is 0.161 e. The summed E-state index contributed by atoms with van der Waals surface area (Å²) in [5.41, 5.74) is 7.32. The number of unbranched alkanes of at least 4 members (excludes halogenated alkanes) is 1. The fourth-order valence-corrected chi connectivity index (χ4v) is 3.08. The van der Waals surface area contributed by atoms with Gasteiger partial charge in [-0.25, -0.2) is 0 Å². The van der Waals surface area contributed by atoms with Gasteiger partial charge < -0.3 is 20.1 Å². The van der Waals surface area contributed by atoms with Crippen molar-refractivity contribution in [3.05, 3.63) is 23.8 Å². The fourth-order valence-electron chi connectivity index (χ4n) is 3.08. The number of ether oxygens (including phenoxy) is 2. The Kier molecular flexibility index (Phi) is 7.82. The van der Waals surface area contributed by atoms with Crippen LogP contribution in [0.2, 0.25) is 0 Å². The minimum Gasteiger partial charge on any atom is -0.490 e. The number of hydrogen-bond acceptors (Lipinski definition) is 5. The monoisotopic (exact) mass is 335 g/mol. The summed E-state index contributed by atoms with van der Waals surface area (Å²) in [6.07, 6.45) is 2.18. The molecule has 2 rings (SSSR count). The standard InChI is InChI=1S/C19H33N3O2/c1-4-6-13-24-18-8-7-16(14-19(18)23-5-2)17(15-20)22-11-9-21(3)10-12-22/h7-8,14,17H,4-6,9-13,15,20H2,1-3H3. The molecule has 1 aliphatic rings. The van der Waals surface area contributed by atoms with E-state index in [0.29, 0.717) is 13.2 Å². The van der Waals surface area contributed by atoms with Gasteiger partial charge in [0.2, 0.25) is 0 Å². The number of hydrogen-bond donors (Lipinski definition) is 1. The van der Waals surface area contributed by atoms with Crippen LogP contribution < -0.4 is 15.2 Å². The Hall–Kier alpha value is -1.30. The van der Waals surface area contributed by atoms with Gasteiger partial charge in [-0.15, -0.1) is 0 Å². The van der Waals surface area contributed by atoms with Crippen molar-refractivity contribution in [2.45, 2.75) is 32.7 Å². The van der Waals surface area contributed by atoms with Crippen LogP contribution >= 0.6 is 0 Å². The van der Waals surface area contributed by atoms with Crippen LogP contribution in [0.25, 0.3) is 0 Å². The molecule has 0 saturated carbocycles. The van der Waals surface area contributed by atoms with Gasteiger partial charge in [0.15, 0.2) is 11.5 Å². The molecule has 1 fully saturated rings. The molecule has 0 spiro atoms. The van der Waals surface area contributed by atoms with Crippen LogP contribution in [0, 0.1) is 0 Å². The lowest BCUT2D eigenvalue weighted by Gasteiger charge is -2.37. The van der Waals surface area contributed by atoms with Crippen LogP contribution in [0.4, 0.5) is 0 Å². The van der Waals surface area contributed by atoms with Crippen molar-refractivity contribution in [3.63, 3.8) is 0 Å². The Morgan fingerprint density at radius 2 is 1.83 bits per heavy atom. The van der Waals surface area contributed by atoms with Crippen LogP contribution in [-0.2, 0) is 0 Å². The van der Waals surface area contributed by atoms with E-state index >= 15 is 0 Å². The molecule has 5 nitrogen and oxygen atoms in total. The zero-order chi connectivity index (χ0) is 17.4. The minimum absolute atomic E-state index is 0.239. The molecule has 24 heavy (non-hydrogen) atoms. The highest BCUT2D eigenvalue weighted by Gasteiger charge is 2.23. The van der Waals surface area contributed by atoms with E-state index in [2.05, 4.69) is 35.9 Å². The Morgan fingerprint density at radius 1 is 1.08 bits per heavy atom.